The summed E-state index contributed by atoms with van der Waals surface area (Å²) in [4.78, 5) is 0.127. The quantitative estimate of drug-likeness (QED) is 0.0563. The van der Waals surface area contributed by atoms with Gasteiger partial charge in [-0.05, 0) is 19.1 Å². The van der Waals surface area contributed by atoms with E-state index in [0.29, 0.717) is 145 Å². The van der Waals surface area contributed by atoms with Crippen LogP contribution in [0.2, 0.25) is 0 Å². The minimum Gasteiger partial charge on any atom is -0.378 e. The van der Waals surface area contributed by atoms with Crippen molar-refractivity contribution in [2.45, 2.75) is 11.8 Å². The highest BCUT2D eigenvalue weighted by atomic mass is 35.5. The van der Waals surface area contributed by atoms with Crippen LogP contribution >= 0.6 is 11.6 Å². The lowest BCUT2D eigenvalue weighted by molar-refractivity contribution is -0.0276. The van der Waals surface area contributed by atoms with Gasteiger partial charge in [0.05, 0.1) is 157 Å². The van der Waals surface area contributed by atoms with Crippen LogP contribution in [0.5, 0.6) is 0 Å². The molecular formula is C31H55ClO14S. The first-order chi connectivity index (χ1) is 23.1. The first kappa shape index (κ1) is 44.0. The summed E-state index contributed by atoms with van der Waals surface area (Å²) in [6.45, 7) is 12.0. The Morgan fingerprint density at radius 3 is 0.894 bits per heavy atom. The van der Waals surface area contributed by atoms with E-state index in [0.717, 1.165) is 5.56 Å². The van der Waals surface area contributed by atoms with E-state index in [9.17, 15) is 8.42 Å². The smallest absolute Gasteiger partial charge is 0.297 e. The summed E-state index contributed by atoms with van der Waals surface area (Å²) in [5.41, 5.74) is 0.974. The summed E-state index contributed by atoms with van der Waals surface area (Å²) in [6, 6.07) is 6.48. The lowest BCUT2D eigenvalue weighted by Crippen LogP contribution is -2.16. The van der Waals surface area contributed by atoms with Gasteiger partial charge in [-0.2, -0.15) is 8.42 Å². The highest BCUT2D eigenvalue weighted by molar-refractivity contribution is 7.86. The molecule has 1 aromatic rings. The Kier molecular flexibility index (Phi) is 31.3. The van der Waals surface area contributed by atoms with Crippen LogP contribution in [-0.4, -0.2) is 166 Å². The van der Waals surface area contributed by atoms with Gasteiger partial charge in [0.25, 0.3) is 10.1 Å². The van der Waals surface area contributed by atoms with Crippen LogP contribution in [0, 0.1) is 6.92 Å². The predicted molar refractivity (Wildman–Crippen MR) is 174 cm³/mol. The first-order valence-corrected chi connectivity index (χ1v) is 17.9. The lowest BCUT2D eigenvalue weighted by atomic mass is 10.2. The average Bonchev–Trinajstić information content (AvgIpc) is 3.06. The Hall–Kier alpha value is -1.02. The van der Waals surface area contributed by atoms with Crippen LogP contribution < -0.4 is 0 Å². The Morgan fingerprint density at radius 2 is 0.638 bits per heavy atom. The van der Waals surface area contributed by atoms with E-state index < -0.39 is 10.1 Å². The number of hydrogen-bond acceptors (Lipinski definition) is 14. The van der Waals surface area contributed by atoms with E-state index in [-0.39, 0.29) is 18.1 Å². The molecule has 0 saturated heterocycles. The van der Waals surface area contributed by atoms with Crippen LogP contribution in [0.1, 0.15) is 5.56 Å². The van der Waals surface area contributed by atoms with E-state index in [1.165, 1.54) is 12.1 Å². The third-order valence-corrected chi connectivity index (χ3v) is 7.20. The van der Waals surface area contributed by atoms with Crippen molar-refractivity contribution < 1.29 is 64.7 Å². The molecule has 14 nitrogen and oxygen atoms in total. The fourth-order valence-electron chi connectivity index (χ4n) is 3.33. The molecule has 47 heavy (non-hydrogen) atoms. The van der Waals surface area contributed by atoms with Crippen molar-refractivity contribution in [3.8, 4) is 0 Å². The Labute approximate surface area is 285 Å². The van der Waals surface area contributed by atoms with E-state index in [1.807, 2.05) is 6.92 Å². The standard InChI is InChI=1S/C31H55ClO14S/c1-30-2-4-31(5-3-30)47(33,34)46-29-28-45-27-26-44-25-24-43-23-22-42-21-20-41-19-18-40-17-16-39-15-14-38-13-12-37-11-10-36-9-8-35-7-6-32/h2-5H,6-29H2,1H3. The van der Waals surface area contributed by atoms with Gasteiger partial charge < -0.3 is 52.1 Å². The topological polar surface area (TPSA) is 145 Å². The summed E-state index contributed by atoms with van der Waals surface area (Å²) in [5, 5.41) is 0. The van der Waals surface area contributed by atoms with E-state index in [2.05, 4.69) is 0 Å². The molecule has 0 spiro atoms. The first-order valence-electron chi connectivity index (χ1n) is 15.9. The molecule has 0 aliphatic carbocycles. The van der Waals surface area contributed by atoms with E-state index in [1.54, 1.807) is 12.1 Å². The molecule has 0 unspecified atom stereocenters. The molecule has 0 heterocycles. The van der Waals surface area contributed by atoms with Crippen molar-refractivity contribution in [1.29, 1.82) is 0 Å². The molecule has 276 valence electrons. The molecule has 0 atom stereocenters. The van der Waals surface area contributed by atoms with Gasteiger partial charge in [0.1, 0.15) is 0 Å². The van der Waals surface area contributed by atoms with Gasteiger partial charge in [-0.25, -0.2) is 0 Å². The summed E-state index contributed by atoms with van der Waals surface area (Å²) in [5.74, 6) is 0.490. The summed E-state index contributed by atoms with van der Waals surface area (Å²) < 4.78 is 88.6. The molecule has 1 rings (SSSR count). The van der Waals surface area contributed by atoms with Crippen molar-refractivity contribution in [3.05, 3.63) is 29.8 Å². The van der Waals surface area contributed by atoms with Crippen molar-refractivity contribution in [3.63, 3.8) is 0 Å². The molecule has 0 radical (unpaired) electrons. The average molecular weight is 719 g/mol. The maximum absolute atomic E-state index is 12.1. The number of halogens is 1. The van der Waals surface area contributed by atoms with Crippen LogP contribution in [0.15, 0.2) is 29.2 Å². The Morgan fingerprint density at radius 1 is 0.404 bits per heavy atom. The molecule has 0 bridgehead atoms. The third-order valence-electron chi connectivity index (χ3n) is 5.72. The van der Waals surface area contributed by atoms with Crippen molar-refractivity contribution >= 4 is 21.7 Å². The molecule has 16 heteroatoms. The number of aryl methyl sites for hydroxylation is 1. The zero-order valence-corrected chi connectivity index (χ0v) is 29.4. The number of benzene rings is 1. The highest BCUT2D eigenvalue weighted by Crippen LogP contribution is 2.12. The van der Waals surface area contributed by atoms with E-state index >= 15 is 0 Å². The predicted octanol–water partition coefficient (Wildman–Crippen LogP) is 2.12. The van der Waals surface area contributed by atoms with Crippen LogP contribution in [-0.2, 0) is 66.4 Å². The van der Waals surface area contributed by atoms with Gasteiger partial charge in [-0.3, -0.25) is 4.18 Å². The van der Waals surface area contributed by atoms with Gasteiger partial charge >= 0.3 is 0 Å². The maximum atomic E-state index is 12.1. The number of alkyl halides is 1. The second-order valence-corrected chi connectivity index (χ2v) is 11.5. The largest absolute Gasteiger partial charge is 0.378 e. The molecule has 0 aliphatic rings. The summed E-state index contributed by atoms with van der Waals surface area (Å²) in [6.07, 6.45) is 0. The van der Waals surface area contributed by atoms with Gasteiger partial charge in [0.15, 0.2) is 0 Å². The number of hydrogen-bond donors (Lipinski definition) is 0. The summed E-state index contributed by atoms with van der Waals surface area (Å²) >= 11 is 5.51. The van der Waals surface area contributed by atoms with Gasteiger partial charge in [-0.1, -0.05) is 17.7 Å². The van der Waals surface area contributed by atoms with E-state index in [4.69, 9.17) is 67.9 Å². The molecule has 0 aromatic heterocycles. The SMILES string of the molecule is Cc1ccc(S(=O)(=O)OCCOCCOCCOCCOCCOCCOCCOCCOCCOCCOCCOCCCl)cc1. The monoisotopic (exact) mass is 718 g/mol. The second kappa shape index (κ2) is 33.5. The number of rotatable bonds is 37. The molecular weight excluding hydrogens is 664 g/mol. The molecule has 0 fully saturated rings. The van der Waals surface area contributed by atoms with Crippen molar-refractivity contribution in [1.82, 2.24) is 0 Å². The molecule has 1 aromatic carbocycles. The van der Waals surface area contributed by atoms with Crippen LogP contribution in [0.25, 0.3) is 0 Å². The third kappa shape index (κ3) is 29.6. The molecule has 0 aliphatic heterocycles. The molecule has 0 N–H and O–H groups in total. The lowest BCUT2D eigenvalue weighted by Gasteiger charge is -2.09. The van der Waals surface area contributed by atoms with Crippen LogP contribution in [0.3, 0.4) is 0 Å². The van der Waals surface area contributed by atoms with Crippen molar-refractivity contribution in [2.75, 3.05) is 158 Å². The fourth-order valence-corrected chi connectivity index (χ4v) is 4.33. The molecule has 0 saturated carbocycles. The normalized spacial score (nSPS) is 11.9. The Bertz CT molecular complexity index is 895. The molecule has 0 amide bonds. The summed E-state index contributed by atoms with van der Waals surface area (Å²) in [7, 11) is -3.77. The minimum absolute atomic E-state index is 0.0603. The van der Waals surface area contributed by atoms with Gasteiger partial charge in [0, 0.05) is 5.88 Å². The van der Waals surface area contributed by atoms with Crippen molar-refractivity contribution in [2.24, 2.45) is 0 Å². The van der Waals surface area contributed by atoms with Gasteiger partial charge in [0.2, 0.25) is 0 Å². The van der Waals surface area contributed by atoms with Gasteiger partial charge in [-0.15, -0.1) is 11.6 Å². The minimum atomic E-state index is -3.77. The Balaban J connectivity index is 1.67. The highest BCUT2D eigenvalue weighted by Gasteiger charge is 2.14. The zero-order valence-electron chi connectivity index (χ0n) is 27.8. The second-order valence-electron chi connectivity index (χ2n) is 9.51. The maximum Gasteiger partial charge on any atom is 0.297 e. The number of ether oxygens (including phenoxy) is 11. The van der Waals surface area contributed by atoms with Crippen LogP contribution in [0.4, 0.5) is 0 Å². The zero-order chi connectivity index (χ0) is 33.9. The fraction of sp³-hybridized carbons (Fsp3) is 0.806.